The van der Waals surface area contributed by atoms with E-state index in [2.05, 4.69) is 118 Å². The quantitative estimate of drug-likeness (QED) is 0.599. The number of allylic oxidation sites excluding steroid dienone is 7. The second kappa shape index (κ2) is 6.66. The van der Waals surface area contributed by atoms with Crippen LogP contribution < -0.4 is 4.90 Å². The molecule has 1 nitrogen and oxygen atoms in total. The van der Waals surface area contributed by atoms with Crippen LogP contribution in [0.5, 0.6) is 0 Å². The minimum Gasteiger partial charge on any atom is -0.314 e. The normalized spacial score (nSPS) is 21.3. The highest BCUT2D eigenvalue weighted by molar-refractivity contribution is 9.10. The zero-order chi connectivity index (χ0) is 16.4. The van der Waals surface area contributed by atoms with Gasteiger partial charge in [-0.05, 0) is 42.5 Å². The summed E-state index contributed by atoms with van der Waals surface area (Å²) in [6, 6.07) is 19.1. The Morgan fingerprint density at radius 3 is 2.17 bits per heavy atom. The molecule has 0 saturated heterocycles. The van der Waals surface area contributed by atoms with Crippen LogP contribution in [0, 0.1) is 11.8 Å². The fourth-order valence-electron chi connectivity index (χ4n) is 3.34. The zero-order valence-corrected chi connectivity index (χ0v) is 14.8. The van der Waals surface area contributed by atoms with Crippen LogP contribution in [0.25, 0.3) is 0 Å². The molecule has 24 heavy (non-hydrogen) atoms. The summed E-state index contributed by atoms with van der Waals surface area (Å²) in [6.45, 7) is 0. The van der Waals surface area contributed by atoms with Crippen LogP contribution in [0.2, 0.25) is 0 Å². The molecule has 4 rings (SSSR count). The van der Waals surface area contributed by atoms with Crippen LogP contribution in [0.1, 0.15) is 0 Å². The number of fused-ring (bicyclic) bond motifs is 1. The van der Waals surface area contributed by atoms with Gasteiger partial charge in [-0.2, -0.15) is 0 Å². The predicted molar refractivity (Wildman–Crippen MR) is 105 cm³/mol. The van der Waals surface area contributed by atoms with E-state index in [4.69, 9.17) is 0 Å². The van der Waals surface area contributed by atoms with E-state index in [0.29, 0.717) is 11.8 Å². The summed E-state index contributed by atoms with van der Waals surface area (Å²) in [6.07, 6.45) is 15.6. The van der Waals surface area contributed by atoms with Crippen molar-refractivity contribution in [2.24, 2.45) is 11.8 Å². The summed E-state index contributed by atoms with van der Waals surface area (Å²) in [5.41, 5.74) is 3.66. The van der Waals surface area contributed by atoms with Gasteiger partial charge in [0, 0.05) is 33.4 Å². The molecule has 0 amide bonds. The lowest BCUT2D eigenvalue weighted by atomic mass is 9.82. The fourth-order valence-corrected chi connectivity index (χ4v) is 3.60. The molecular formula is C22H18BrN. The number of rotatable bonds is 3. The predicted octanol–water partition coefficient (Wildman–Crippen LogP) is 6.40. The maximum Gasteiger partial charge on any atom is 0.0459 e. The highest BCUT2D eigenvalue weighted by Crippen LogP contribution is 2.39. The van der Waals surface area contributed by atoms with E-state index >= 15 is 0 Å². The van der Waals surface area contributed by atoms with E-state index in [1.807, 2.05) is 0 Å². The number of benzene rings is 2. The third kappa shape index (κ3) is 2.90. The SMILES string of the molecule is Brc1ccc(N(C2=CC=CC3C=CC=CC23)c2ccccc2)cc1. The molecule has 2 aromatic rings. The van der Waals surface area contributed by atoms with Crippen molar-refractivity contribution in [3.05, 3.63) is 107 Å². The Morgan fingerprint density at radius 2 is 1.38 bits per heavy atom. The topological polar surface area (TPSA) is 3.24 Å². The molecule has 2 aliphatic carbocycles. The third-order valence-electron chi connectivity index (χ3n) is 4.48. The van der Waals surface area contributed by atoms with Gasteiger partial charge in [-0.15, -0.1) is 0 Å². The number of halogens is 1. The van der Waals surface area contributed by atoms with Crippen molar-refractivity contribution in [1.82, 2.24) is 0 Å². The second-order valence-electron chi connectivity index (χ2n) is 6.00. The fraction of sp³-hybridized carbons (Fsp3) is 0.0909. The number of hydrogen-bond acceptors (Lipinski definition) is 1. The Morgan fingerprint density at radius 1 is 0.708 bits per heavy atom. The van der Waals surface area contributed by atoms with Crippen LogP contribution in [-0.4, -0.2) is 0 Å². The minimum absolute atomic E-state index is 0.365. The van der Waals surface area contributed by atoms with E-state index < -0.39 is 0 Å². The molecule has 2 heteroatoms. The number of anilines is 2. The molecule has 0 N–H and O–H groups in total. The average molecular weight is 376 g/mol. The summed E-state index contributed by atoms with van der Waals surface area (Å²) < 4.78 is 1.09. The molecule has 0 aliphatic heterocycles. The lowest BCUT2D eigenvalue weighted by Crippen LogP contribution is -2.27. The number of para-hydroxylation sites is 1. The van der Waals surface area contributed by atoms with Crippen LogP contribution >= 0.6 is 15.9 Å². The molecule has 0 spiro atoms. The Kier molecular flexibility index (Phi) is 4.22. The van der Waals surface area contributed by atoms with Crippen molar-refractivity contribution in [2.75, 3.05) is 4.90 Å². The Bertz CT molecular complexity index is 828. The molecule has 0 heterocycles. The van der Waals surface area contributed by atoms with Crippen molar-refractivity contribution < 1.29 is 0 Å². The van der Waals surface area contributed by atoms with Crippen molar-refractivity contribution in [1.29, 1.82) is 0 Å². The van der Waals surface area contributed by atoms with Crippen molar-refractivity contribution in [3.8, 4) is 0 Å². The van der Waals surface area contributed by atoms with Gasteiger partial charge >= 0.3 is 0 Å². The van der Waals surface area contributed by atoms with Gasteiger partial charge in [-0.3, -0.25) is 0 Å². The molecule has 0 saturated carbocycles. The monoisotopic (exact) mass is 375 g/mol. The zero-order valence-electron chi connectivity index (χ0n) is 13.2. The van der Waals surface area contributed by atoms with Gasteiger partial charge in [0.2, 0.25) is 0 Å². The first kappa shape index (κ1) is 15.2. The highest BCUT2D eigenvalue weighted by atomic mass is 79.9. The third-order valence-corrected chi connectivity index (χ3v) is 5.01. The molecule has 0 fully saturated rings. The molecule has 2 aliphatic rings. The summed E-state index contributed by atoms with van der Waals surface area (Å²) in [5, 5.41) is 0. The molecule has 0 aromatic heterocycles. The van der Waals surface area contributed by atoms with E-state index in [9.17, 15) is 0 Å². The van der Waals surface area contributed by atoms with Gasteiger partial charge in [-0.1, -0.05) is 70.6 Å². The largest absolute Gasteiger partial charge is 0.314 e. The van der Waals surface area contributed by atoms with Gasteiger partial charge in [0.15, 0.2) is 0 Å². The Labute approximate surface area is 151 Å². The van der Waals surface area contributed by atoms with Crippen LogP contribution in [0.15, 0.2) is 107 Å². The first-order chi connectivity index (χ1) is 11.8. The number of nitrogens with zero attached hydrogens (tertiary/aromatic N) is 1. The maximum atomic E-state index is 3.54. The molecule has 118 valence electrons. The molecule has 2 atom stereocenters. The van der Waals surface area contributed by atoms with Crippen molar-refractivity contribution in [2.45, 2.75) is 0 Å². The van der Waals surface area contributed by atoms with Gasteiger partial charge in [0.05, 0.1) is 0 Å². The smallest absolute Gasteiger partial charge is 0.0459 e. The number of hydrogen-bond donors (Lipinski definition) is 0. The lowest BCUT2D eigenvalue weighted by molar-refractivity contribution is 0.612. The summed E-state index contributed by atoms with van der Waals surface area (Å²) in [7, 11) is 0. The van der Waals surface area contributed by atoms with E-state index in [1.165, 1.54) is 17.1 Å². The van der Waals surface area contributed by atoms with Crippen LogP contribution in [-0.2, 0) is 0 Å². The van der Waals surface area contributed by atoms with E-state index in [0.717, 1.165) is 4.47 Å². The van der Waals surface area contributed by atoms with Crippen molar-refractivity contribution >= 4 is 27.3 Å². The molecule has 0 radical (unpaired) electrons. The Balaban J connectivity index is 1.82. The first-order valence-corrected chi connectivity index (χ1v) is 8.96. The van der Waals surface area contributed by atoms with Gasteiger partial charge < -0.3 is 4.90 Å². The summed E-state index contributed by atoms with van der Waals surface area (Å²) in [5.74, 6) is 0.792. The molecular weight excluding hydrogens is 358 g/mol. The molecule has 0 bridgehead atoms. The maximum absolute atomic E-state index is 3.54. The lowest BCUT2D eigenvalue weighted by Gasteiger charge is -2.36. The average Bonchev–Trinajstić information content (AvgIpc) is 2.65. The first-order valence-electron chi connectivity index (χ1n) is 8.17. The standard InChI is InChI=1S/C22H18BrN/c23-18-13-15-20(16-14-18)24(19-9-2-1-3-10-19)22-12-6-8-17-7-4-5-11-21(17)22/h1-17,21H. The van der Waals surface area contributed by atoms with Crippen molar-refractivity contribution in [3.63, 3.8) is 0 Å². The van der Waals surface area contributed by atoms with Crippen LogP contribution in [0.4, 0.5) is 11.4 Å². The summed E-state index contributed by atoms with van der Waals surface area (Å²) in [4.78, 5) is 2.36. The van der Waals surface area contributed by atoms with Gasteiger partial charge in [-0.25, -0.2) is 0 Å². The van der Waals surface area contributed by atoms with E-state index in [1.54, 1.807) is 0 Å². The second-order valence-corrected chi connectivity index (χ2v) is 6.91. The summed E-state index contributed by atoms with van der Waals surface area (Å²) >= 11 is 3.54. The van der Waals surface area contributed by atoms with Gasteiger partial charge in [0.1, 0.15) is 0 Å². The molecule has 2 unspecified atom stereocenters. The van der Waals surface area contributed by atoms with Crippen LogP contribution in [0.3, 0.4) is 0 Å². The molecule has 2 aromatic carbocycles. The Hall–Kier alpha value is -2.32. The van der Waals surface area contributed by atoms with Gasteiger partial charge in [0.25, 0.3) is 0 Å². The highest BCUT2D eigenvalue weighted by Gasteiger charge is 2.28. The van der Waals surface area contributed by atoms with E-state index in [-0.39, 0.29) is 0 Å². The minimum atomic E-state index is 0.365.